The van der Waals surface area contributed by atoms with Crippen molar-refractivity contribution in [3.05, 3.63) is 59.9 Å². The van der Waals surface area contributed by atoms with Gasteiger partial charge in [0, 0.05) is 18.9 Å². The highest BCUT2D eigenvalue weighted by Crippen LogP contribution is 2.03. The summed E-state index contributed by atoms with van der Waals surface area (Å²) in [4.78, 5) is 19.3. The Morgan fingerprint density at radius 1 is 1.33 bits per heavy atom. The molecule has 0 spiro atoms. The number of nitrogens with one attached hydrogen (secondary N) is 1. The molecular formula is C13H12FN3O. The van der Waals surface area contributed by atoms with Gasteiger partial charge in [-0.1, -0.05) is 12.1 Å². The van der Waals surface area contributed by atoms with Crippen molar-refractivity contribution in [2.75, 3.05) is 6.54 Å². The number of aromatic nitrogens is 2. The predicted octanol–water partition coefficient (Wildman–Crippen LogP) is 1.59. The second-order valence-electron chi connectivity index (χ2n) is 3.73. The number of carbonyl (C=O) groups excluding carboxylic acids is 1. The second-order valence-corrected chi connectivity index (χ2v) is 3.73. The fraction of sp³-hybridized carbons (Fsp3) is 0.154. The molecule has 0 unspecified atom stereocenters. The van der Waals surface area contributed by atoms with Crippen LogP contribution in [0.4, 0.5) is 4.39 Å². The summed E-state index contributed by atoms with van der Waals surface area (Å²) in [5, 5.41) is 2.70. The Morgan fingerprint density at radius 3 is 2.94 bits per heavy atom. The molecule has 1 amide bonds. The molecule has 4 nitrogen and oxygen atoms in total. The van der Waals surface area contributed by atoms with Gasteiger partial charge in [-0.25, -0.2) is 9.37 Å². The van der Waals surface area contributed by atoms with Gasteiger partial charge < -0.3 is 5.32 Å². The van der Waals surface area contributed by atoms with E-state index in [1.54, 1.807) is 6.07 Å². The quantitative estimate of drug-likeness (QED) is 0.889. The Balaban J connectivity index is 1.84. The number of nitrogens with zero attached hydrogens (tertiary/aromatic N) is 2. The van der Waals surface area contributed by atoms with Crippen molar-refractivity contribution in [3.8, 4) is 0 Å². The molecular weight excluding hydrogens is 233 g/mol. The largest absolute Gasteiger partial charge is 0.350 e. The fourth-order valence-corrected chi connectivity index (χ4v) is 1.52. The van der Waals surface area contributed by atoms with Crippen LogP contribution in [-0.2, 0) is 6.42 Å². The zero-order valence-electron chi connectivity index (χ0n) is 9.64. The molecule has 92 valence electrons. The van der Waals surface area contributed by atoms with E-state index in [9.17, 15) is 9.18 Å². The number of carbonyl (C=O) groups is 1. The maximum absolute atomic E-state index is 12.9. The highest BCUT2D eigenvalue weighted by atomic mass is 19.1. The zero-order chi connectivity index (χ0) is 12.8. The van der Waals surface area contributed by atoms with Gasteiger partial charge in [0.15, 0.2) is 0 Å². The van der Waals surface area contributed by atoms with E-state index in [0.717, 1.165) is 5.56 Å². The van der Waals surface area contributed by atoms with Crippen LogP contribution in [0.15, 0.2) is 42.9 Å². The van der Waals surface area contributed by atoms with Crippen molar-refractivity contribution < 1.29 is 9.18 Å². The lowest BCUT2D eigenvalue weighted by Crippen LogP contribution is -2.26. The Morgan fingerprint density at radius 2 is 2.22 bits per heavy atom. The van der Waals surface area contributed by atoms with Gasteiger partial charge in [0.1, 0.15) is 11.5 Å². The van der Waals surface area contributed by atoms with E-state index in [2.05, 4.69) is 15.3 Å². The van der Waals surface area contributed by atoms with Crippen LogP contribution in [0.25, 0.3) is 0 Å². The molecule has 2 aromatic rings. The summed E-state index contributed by atoms with van der Waals surface area (Å²) >= 11 is 0. The summed E-state index contributed by atoms with van der Waals surface area (Å²) in [5.41, 5.74) is 1.12. The summed E-state index contributed by atoms with van der Waals surface area (Å²) in [6, 6.07) is 6.31. The lowest BCUT2D eigenvalue weighted by atomic mass is 10.1. The molecule has 0 saturated carbocycles. The molecule has 1 aromatic carbocycles. The smallest absolute Gasteiger partial charge is 0.271 e. The van der Waals surface area contributed by atoms with Gasteiger partial charge >= 0.3 is 0 Å². The molecule has 0 aliphatic rings. The molecule has 18 heavy (non-hydrogen) atoms. The number of benzene rings is 1. The average Bonchev–Trinajstić information content (AvgIpc) is 2.40. The lowest BCUT2D eigenvalue weighted by Gasteiger charge is -2.04. The summed E-state index contributed by atoms with van der Waals surface area (Å²) < 4.78 is 12.9. The Bertz CT molecular complexity index is 531. The van der Waals surface area contributed by atoms with E-state index in [1.807, 2.05) is 6.07 Å². The highest BCUT2D eigenvalue weighted by molar-refractivity contribution is 5.91. The average molecular weight is 245 g/mol. The van der Waals surface area contributed by atoms with E-state index in [4.69, 9.17) is 0 Å². The second kappa shape index (κ2) is 5.86. The topological polar surface area (TPSA) is 54.9 Å². The lowest BCUT2D eigenvalue weighted by molar-refractivity contribution is 0.0949. The highest BCUT2D eigenvalue weighted by Gasteiger charge is 2.05. The van der Waals surface area contributed by atoms with Gasteiger partial charge in [0.2, 0.25) is 0 Å². The van der Waals surface area contributed by atoms with E-state index in [-0.39, 0.29) is 17.4 Å². The van der Waals surface area contributed by atoms with Crippen LogP contribution in [0.2, 0.25) is 0 Å². The molecule has 0 saturated heterocycles. The fourth-order valence-electron chi connectivity index (χ4n) is 1.52. The van der Waals surface area contributed by atoms with Gasteiger partial charge in [0.25, 0.3) is 5.91 Å². The van der Waals surface area contributed by atoms with Crippen molar-refractivity contribution in [2.24, 2.45) is 0 Å². The van der Waals surface area contributed by atoms with Crippen LogP contribution in [-0.4, -0.2) is 22.4 Å². The summed E-state index contributed by atoms with van der Waals surface area (Å²) in [6.07, 6.45) is 4.94. The third-order valence-electron chi connectivity index (χ3n) is 2.38. The summed E-state index contributed by atoms with van der Waals surface area (Å²) in [5.74, 6) is -0.549. The molecule has 2 rings (SSSR count). The van der Waals surface area contributed by atoms with Crippen LogP contribution in [0, 0.1) is 5.82 Å². The zero-order valence-corrected chi connectivity index (χ0v) is 9.64. The number of hydrogen-bond donors (Lipinski definition) is 1. The normalized spacial score (nSPS) is 10.1. The minimum absolute atomic E-state index is 0.271. The summed E-state index contributed by atoms with van der Waals surface area (Å²) in [6.45, 7) is 0.429. The third kappa shape index (κ3) is 3.35. The molecule has 0 atom stereocenters. The van der Waals surface area contributed by atoms with Crippen LogP contribution in [0.1, 0.15) is 16.1 Å². The van der Waals surface area contributed by atoms with Gasteiger partial charge in [0.05, 0.1) is 6.20 Å². The number of rotatable bonds is 4. The van der Waals surface area contributed by atoms with Crippen molar-refractivity contribution in [1.82, 2.24) is 15.3 Å². The standard InChI is InChI=1S/C13H12FN3O/c14-11-3-1-2-10(8-11)4-5-17-13(18)12-9-15-6-7-16-12/h1-3,6-9H,4-5H2,(H,17,18). The third-order valence-corrected chi connectivity index (χ3v) is 2.38. The first-order valence-electron chi connectivity index (χ1n) is 5.54. The Kier molecular flexibility index (Phi) is 3.96. The predicted molar refractivity (Wildman–Crippen MR) is 64.5 cm³/mol. The first-order chi connectivity index (χ1) is 8.75. The first kappa shape index (κ1) is 12.2. The number of hydrogen-bond acceptors (Lipinski definition) is 3. The minimum atomic E-state index is -0.278. The van der Waals surface area contributed by atoms with Crippen LogP contribution < -0.4 is 5.32 Å². The van der Waals surface area contributed by atoms with Gasteiger partial charge in [-0.05, 0) is 24.1 Å². The molecule has 0 bridgehead atoms. The van der Waals surface area contributed by atoms with E-state index < -0.39 is 0 Å². The molecule has 1 heterocycles. The van der Waals surface area contributed by atoms with Crippen molar-refractivity contribution in [1.29, 1.82) is 0 Å². The minimum Gasteiger partial charge on any atom is -0.350 e. The van der Waals surface area contributed by atoms with Crippen LogP contribution in [0.3, 0.4) is 0 Å². The molecule has 1 N–H and O–H groups in total. The van der Waals surface area contributed by atoms with E-state index >= 15 is 0 Å². The van der Waals surface area contributed by atoms with E-state index in [0.29, 0.717) is 13.0 Å². The van der Waals surface area contributed by atoms with Crippen LogP contribution in [0.5, 0.6) is 0 Å². The van der Waals surface area contributed by atoms with Gasteiger partial charge in [-0.2, -0.15) is 0 Å². The molecule has 5 heteroatoms. The maximum atomic E-state index is 12.9. The molecule has 0 fully saturated rings. The molecule has 0 aliphatic carbocycles. The van der Waals surface area contributed by atoms with Crippen molar-refractivity contribution in [2.45, 2.75) is 6.42 Å². The number of halogens is 1. The SMILES string of the molecule is O=C(NCCc1cccc(F)c1)c1cnccn1. The monoisotopic (exact) mass is 245 g/mol. The molecule has 1 aromatic heterocycles. The molecule has 0 radical (unpaired) electrons. The first-order valence-corrected chi connectivity index (χ1v) is 5.54. The van der Waals surface area contributed by atoms with Crippen molar-refractivity contribution >= 4 is 5.91 Å². The molecule has 0 aliphatic heterocycles. The Labute approximate surface area is 104 Å². The number of amides is 1. The van der Waals surface area contributed by atoms with Gasteiger partial charge in [-0.15, -0.1) is 0 Å². The maximum Gasteiger partial charge on any atom is 0.271 e. The Hall–Kier alpha value is -2.30. The van der Waals surface area contributed by atoms with Crippen LogP contribution >= 0.6 is 0 Å². The van der Waals surface area contributed by atoms with Gasteiger partial charge in [-0.3, -0.25) is 9.78 Å². The summed E-state index contributed by atoms with van der Waals surface area (Å²) in [7, 11) is 0. The van der Waals surface area contributed by atoms with E-state index in [1.165, 1.54) is 30.7 Å². The van der Waals surface area contributed by atoms with Crippen molar-refractivity contribution in [3.63, 3.8) is 0 Å².